The van der Waals surface area contributed by atoms with Gasteiger partial charge < -0.3 is 14.8 Å². The van der Waals surface area contributed by atoms with Crippen molar-refractivity contribution >= 4 is 5.91 Å². The Bertz CT molecular complexity index is 630. The number of carbonyl (C=O) groups excluding carboxylic acids is 1. The van der Waals surface area contributed by atoms with E-state index < -0.39 is 0 Å². The van der Waals surface area contributed by atoms with E-state index in [1.807, 2.05) is 12.1 Å². The topological polar surface area (TPSA) is 47.6 Å². The first-order valence-corrected chi connectivity index (χ1v) is 9.85. The summed E-state index contributed by atoms with van der Waals surface area (Å²) in [6.07, 6.45) is 5.96. The fraction of sp³-hybridized carbons (Fsp3) is 0.667. The molecule has 0 saturated heterocycles. The Morgan fingerprint density at radius 1 is 1.04 bits per heavy atom. The molecule has 0 unspecified atom stereocenters. The van der Waals surface area contributed by atoms with E-state index in [-0.39, 0.29) is 17.9 Å². The molecule has 1 amide bonds. The predicted octanol–water partition coefficient (Wildman–Crippen LogP) is 4.10. The average molecular weight is 343 g/mol. The lowest BCUT2D eigenvalue weighted by Crippen LogP contribution is -2.33. The Balaban J connectivity index is 1.49. The van der Waals surface area contributed by atoms with Crippen LogP contribution in [0, 0.1) is 23.7 Å². The molecule has 3 aliphatic rings. The van der Waals surface area contributed by atoms with Crippen molar-refractivity contribution in [3.05, 3.63) is 23.8 Å². The summed E-state index contributed by atoms with van der Waals surface area (Å²) >= 11 is 0. The Kier molecular flexibility index (Phi) is 4.61. The normalized spacial score (nSPS) is 28.7. The summed E-state index contributed by atoms with van der Waals surface area (Å²) in [4.78, 5) is 12.8. The first-order chi connectivity index (χ1) is 12.1. The third-order valence-corrected chi connectivity index (χ3v) is 6.05. The van der Waals surface area contributed by atoms with Crippen LogP contribution in [0.5, 0.6) is 11.5 Å². The fourth-order valence-electron chi connectivity index (χ4n) is 4.64. The van der Waals surface area contributed by atoms with Crippen molar-refractivity contribution in [1.82, 2.24) is 5.32 Å². The number of hydrogen-bond acceptors (Lipinski definition) is 3. The quantitative estimate of drug-likeness (QED) is 0.895. The lowest BCUT2D eigenvalue weighted by molar-refractivity contribution is -0.124. The Morgan fingerprint density at radius 2 is 1.72 bits per heavy atom. The van der Waals surface area contributed by atoms with Crippen LogP contribution in [0.3, 0.4) is 0 Å². The predicted molar refractivity (Wildman–Crippen MR) is 96.7 cm³/mol. The van der Waals surface area contributed by atoms with Gasteiger partial charge in [-0.15, -0.1) is 0 Å². The molecule has 3 atom stereocenters. The highest BCUT2D eigenvalue weighted by Crippen LogP contribution is 2.55. The van der Waals surface area contributed by atoms with Crippen LogP contribution in [0.25, 0.3) is 0 Å². The molecule has 0 spiro atoms. The van der Waals surface area contributed by atoms with E-state index in [0.717, 1.165) is 23.5 Å². The van der Waals surface area contributed by atoms with Crippen molar-refractivity contribution in [2.75, 3.05) is 13.2 Å². The van der Waals surface area contributed by atoms with E-state index in [4.69, 9.17) is 9.47 Å². The van der Waals surface area contributed by atoms with Gasteiger partial charge >= 0.3 is 0 Å². The highest BCUT2D eigenvalue weighted by molar-refractivity contribution is 5.82. The van der Waals surface area contributed by atoms with Crippen molar-refractivity contribution in [3.63, 3.8) is 0 Å². The number of hydrogen-bond donors (Lipinski definition) is 1. The molecule has 25 heavy (non-hydrogen) atoms. The molecule has 1 aromatic carbocycles. The van der Waals surface area contributed by atoms with E-state index >= 15 is 0 Å². The fourth-order valence-corrected chi connectivity index (χ4v) is 4.64. The summed E-state index contributed by atoms with van der Waals surface area (Å²) < 4.78 is 11.5. The van der Waals surface area contributed by atoms with E-state index in [0.29, 0.717) is 31.0 Å². The van der Waals surface area contributed by atoms with Crippen molar-refractivity contribution in [1.29, 1.82) is 0 Å². The van der Waals surface area contributed by atoms with Gasteiger partial charge in [0.2, 0.25) is 5.91 Å². The van der Waals surface area contributed by atoms with Crippen molar-refractivity contribution in [3.8, 4) is 11.5 Å². The summed E-state index contributed by atoms with van der Waals surface area (Å²) in [7, 11) is 0. The number of rotatable bonds is 4. The number of fused-ring (bicyclic) bond motifs is 2. The molecule has 1 N–H and O–H groups in total. The third-order valence-electron chi connectivity index (χ3n) is 6.05. The smallest absolute Gasteiger partial charge is 0.224 e. The molecule has 1 aliphatic heterocycles. The third kappa shape index (κ3) is 3.36. The van der Waals surface area contributed by atoms with Gasteiger partial charge in [0, 0.05) is 12.3 Å². The molecule has 0 aromatic heterocycles. The SMILES string of the molecule is CC(C)[C@H](NC(=O)C1[C@H]2CCCC[C@H]12)c1ccc2c(c1)OCCCO2. The molecule has 4 rings (SSSR count). The molecular formula is C21H29NO3. The van der Waals surface area contributed by atoms with Crippen LogP contribution in [0.15, 0.2) is 18.2 Å². The molecule has 2 fully saturated rings. The molecule has 4 heteroatoms. The number of amides is 1. The van der Waals surface area contributed by atoms with Crippen LogP contribution in [-0.2, 0) is 4.79 Å². The van der Waals surface area contributed by atoms with Crippen LogP contribution >= 0.6 is 0 Å². The number of carbonyl (C=O) groups is 1. The van der Waals surface area contributed by atoms with Crippen LogP contribution in [0.4, 0.5) is 0 Å². The van der Waals surface area contributed by atoms with Crippen molar-refractivity contribution < 1.29 is 14.3 Å². The monoisotopic (exact) mass is 343 g/mol. The van der Waals surface area contributed by atoms with Crippen LogP contribution in [0.1, 0.15) is 57.6 Å². The summed E-state index contributed by atoms with van der Waals surface area (Å²) in [6, 6.07) is 6.12. The van der Waals surface area contributed by atoms with Gasteiger partial charge in [0.1, 0.15) is 0 Å². The Labute approximate surface area is 150 Å². The second kappa shape index (κ2) is 6.89. The molecule has 2 aliphatic carbocycles. The number of ether oxygens (including phenoxy) is 2. The Hall–Kier alpha value is -1.71. The number of benzene rings is 1. The van der Waals surface area contributed by atoms with Gasteiger partial charge in [-0.25, -0.2) is 0 Å². The molecule has 2 saturated carbocycles. The zero-order chi connectivity index (χ0) is 17.4. The first kappa shape index (κ1) is 16.7. The van der Waals surface area contributed by atoms with E-state index in [1.54, 1.807) is 0 Å². The first-order valence-electron chi connectivity index (χ1n) is 9.85. The highest BCUT2D eigenvalue weighted by atomic mass is 16.5. The maximum absolute atomic E-state index is 12.8. The second-order valence-electron chi connectivity index (χ2n) is 8.12. The zero-order valence-electron chi connectivity index (χ0n) is 15.3. The standard InChI is InChI=1S/C21H29NO3/c1-13(2)20(22-21(23)19-15-6-3-4-7-16(15)19)14-8-9-17-18(12-14)25-11-5-10-24-17/h8-9,12-13,15-16,19-20H,3-7,10-11H2,1-2H3,(H,22,23)/t15-,16-,20-/m0/s1. The van der Waals surface area contributed by atoms with Crippen molar-refractivity contribution in [2.24, 2.45) is 23.7 Å². The minimum atomic E-state index is 0.0207. The Morgan fingerprint density at radius 3 is 2.40 bits per heavy atom. The average Bonchev–Trinajstić information content (AvgIpc) is 3.37. The van der Waals surface area contributed by atoms with Gasteiger partial charge in [0.15, 0.2) is 11.5 Å². The maximum Gasteiger partial charge on any atom is 0.224 e. The molecule has 1 heterocycles. The van der Waals surface area contributed by atoms with Gasteiger partial charge in [-0.1, -0.05) is 32.8 Å². The summed E-state index contributed by atoms with van der Waals surface area (Å²) in [5, 5.41) is 3.34. The van der Waals surface area contributed by atoms with E-state index in [9.17, 15) is 4.79 Å². The molecule has 0 radical (unpaired) electrons. The summed E-state index contributed by atoms with van der Waals surface area (Å²) in [6.45, 7) is 5.70. The van der Waals surface area contributed by atoms with Gasteiger partial charge in [0.05, 0.1) is 19.3 Å². The summed E-state index contributed by atoms with van der Waals surface area (Å²) in [5.41, 5.74) is 1.11. The van der Waals surface area contributed by atoms with Gasteiger partial charge in [-0.2, -0.15) is 0 Å². The second-order valence-corrected chi connectivity index (χ2v) is 8.12. The van der Waals surface area contributed by atoms with E-state index in [2.05, 4.69) is 25.2 Å². The van der Waals surface area contributed by atoms with Crippen LogP contribution in [0.2, 0.25) is 0 Å². The summed E-state index contributed by atoms with van der Waals surface area (Å²) in [5.74, 6) is 3.73. The molecule has 136 valence electrons. The van der Waals surface area contributed by atoms with Crippen LogP contribution in [-0.4, -0.2) is 19.1 Å². The zero-order valence-corrected chi connectivity index (χ0v) is 15.3. The van der Waals surface area contributed by atoms with Gasteiger partial charge in [-0.3, -0.25) is 4.79 Å². The minimum absolute atomic E-state index is 0.0207. The molecule has 0 bridgehead atoms. The lowest BCUT2D eigenvalue weighted by Gasteiger charge is -2.24. The largest absolute Gasteiger partial charge is 0.490 e. The molecule has 4 nitrogen and oxygen atoms in total. The van der Waals surface area contributed by atoms with Gasteiger partial charge in [0.25, 0.3) is 0 Å². The van der Waals surface area contributed by atoms with Gasteiger partial charge in [-0.05, 0) is 48.3 Å². The number of nitrogens with one attached hydrogen (secondary N) is 1. The van der Waals surface area contributed by atoms with Crippen molar-refractivity contribution in [2.45, 2.75) is 52.0 Å². The van der Waals surface area contributed by atoms with E-state index in [1.165, 1.54) is 25.7 Å². The maximum atomic E-state index is 12.8. The lowest BCUT2D eigenvalue weighted by atomic mass is 9.95. The molecule has 1 aromatic rings. The highest BCUT2D eigenvalue weighted by Gasteiger charge is 2.54. The molecular weight excluding hydrogens is 314 g/mol. The minimum Gasteiger partial charge on any atom is -0.490 e. The van der Waals surface area contributed by atoms with Crippen LogP contribution < -0.4 is 14.8 Å².